The van der Waals surface area contributed by atoms with Gasteiger partial charge < -0.3 is 15.0 Å². The average Bonchev–Trinajstić information content (AvgIpc) is 3.04. The molecule has 0 atom stereocenters. The van der Waals surface area contributed by atoms with Gasteiger partial charge in [-0.1, -0.05) is 6.07 Å². The SMILES string of the molecule is COC(=O)c1cc2cc(NCc3cc(N=S(=O)=O)ccc3C)cnc2[nH]1. The molecule has 0 spiro atoms. The maximum absolute atomic E-state index is 11.6. The monoisotopic (exact) mass is 372 g/mol. The Morgan fingerprint density at radius 1 is 1.31 bits per heavy atom. The number of hydrogen-bond donors (Lipinski definition) is 2. The Hall–Kier alpha value is -3.20. The number of aromatic amines is 1. The van der Waals surface area contributed by atoms with E-state index in [1.165, 1.54) is 7.11 Å². The molecule has 134 valence electrons. The van der Waals surface area contributed by atoms with Crippen LogP contribution in [0.25, 0.3) is 11.0 Å². The van der Waals surface area contributed by atoms with Gasteiger partial charge in [0.2, 0.25) is 0 Å². The first-order valence-corrected chi connectivity index (χ1v) is 8.71. The maximum Gasteiger partial charge on any atom is 0.354 e. The highest BCUT2D eigenvalue weighted by Gasteiger charge is 2.10. The number of hydrogen-bond acceptors (Lipinski definition) is 7. The predicted octanol–water partition coefficient (Wildman–Crippen LogP) is 2.96. The summed E-state index contributed by atoms with van der Waals surface area (Å²) in [7, 11) is -1.17. The zero-order chi connectivity index (χ0) is 18.7. The topological polar surface area (TPSA) is 114 Å². The average molecular weight is 372 g/mol. The summed E-state index contributed by atoms with van der Waals surface area (Å²) in [6.07, 6.45) is 1.65. The fraction of sp³-hybridized carbons (Fsp3) is 0.176. The molecule has 2 N–H and O–H groups in total. The third-order valence-electron chi connectivity index (χ3n) is 3.87. The first-order chi connectivity index (χ1) is 12.5. The van der Waals surface area contributed by atoms with E-state index in [1.54, 1.807) is 24.4 Å². The summed E-state index contributed by atoms with van der Waals surface area (Å²) in [5.74, 6) is -0.454. The lowest BCUT2D eigenvalue weighted by Gasteiger charge is -2.09. The van der Waals surface area contributed by atoms with Gasteiger partial charge in [0, 0.05) is 11.9 Å². The Labute approximate surface area is 150 Å². The lowest BCUT2D eigenvalue weighted by molar-refractivity contribution is 0.0595. The minimum Gasteiger partial charge on any atom is -0.464 e. The smallest absolute Gasteiger partial charge is 0.354 e. The Morgan fingerprint density at radius 3 is 2.85 bits per heavy atom. The minimum absolute atomic E-state index is 0.336. The van der Waals surface area contributed by atoms with E-state index in [1.807, 2.05) is 19.1 Å². The van der Waals surface area contributed by atoms with Crippen LogP contribution in [0.2, 0.25) is 0 Å². The van der Waals surface area contributed by atoms with Crippen LogP contribution in [-0.2, 0) is 21.8 Å². The molecule has 3 rings (SSSR count). The number of methoxy groups -OCH3 is 1. The van der Waals surface area contributed by atoms with E-state index in [4.69, 9.17) is 0 Å². The number of H-pyrrole nitrogens is 1. The molecule has 0 saturated carbocycles. The first-order valence-electron chi connectivity index (χ1n) is 7.68. The van der Waals surface area contributed by atoms with Gasteiger partial charge in [-0.05, 0) is 42.3 Å². The second-order valence-corrected chi connectivity index (χ2v) is 6.23. The molecule has 0 unspecified atom stereocenters. The number of carbonyl (C=O) groups is 1. The molecule has 9 heteroatoms. The number of esters is 1. The van der Waals surface area contributed by atoms with E-state index < -0.39 is 16.5 Å². The number of rotatable bonds is 5. The van der Waals surface area contributed by atoms with Crippen molar-refractivity contribution in [3.8, 4) is 0 Å². The fourth-order valence-electron chi connectivity index (χ4n) is 2.52. The second-order valence-electron chi connectivity index (χ2n) is 5.61. The van der Waals surface area contributed by atoms with Crippen LogP contribution in [0.5, 0.6) is 0 Å². The minimum atomic E-state index is -2.49. The van der Waals surface area contributed by atoms with E-state index in [9.17, 15) is 13.2 Å². The van der Waals surface area contributed by atoms with Gasteiger partial charge in [-0.3, -0.25) is 0 Å². The molecule has 0 saturated heterocycles. The molecule has 0 aliphatic heterocycles. The maximum atomic E-state index is 11.6. The third-order valence-corrected chi connectivity index (χ3v) is 4.23. The molecule has 26 heavy (non-hydrogen) atoms. The standard InChI is InChI=1S/C17H16N4O4S/c1-10-3-4-13(21-26(23)24)6-12(10)8-18-14-5-11-7-15(17(22)25-2)20-16(11)19-9-14/h3-7,9,18H,8H2,1-2H3,(H,19,20). The molecule has 8 nitrogen and oxygen atoms in total. The number of nitrogens with one attached hydrogen (secondary N) is 2. The second kappa shape index (κ2) is 7.36. The molecular formula is C17H16N4O4S. The van der Waals surface area contributed by atoms with Crippen LogP contribution in [-0.4, -0.2) is 31.5 Å². The quantitative estimate of drug-likeness (QED) is 0.666. The van der Waals surface area contributed by atoms with Crippen molar-refractivity contribution in [3.05, 3.63) is 53.3 Å². The van der Waals surface area contributed by atoms with Gasteiger partial charge in [-0.15, -0.1) is 4.36 Å². The van der Waals surface area contributed by atoms with Crippen molar-refractivity contribution < 1.29 is 17.9 Å². The molecule has 1 aromatic carbocycles. The summed E-state index contributed by atoms with van der Waals surface area (Å²) in [5.41, 5.74) is 4.00. The van der Waals surface area contributed by atoms with Crippen molar-refractivity contribution in [2.45, 2.75) is 13.5 Å². The Balaban J connectivity index is 1.81. The van der Waals surface area contributed by atoms with Crippen molar-refractivity contribution in [2.75, 3.05) is 12.4 Å². The zero-order valence-corrected chi connectivity index (χ0v) is 14.9. The molecule has 2 aromatic heterocycles. The number of anilines is 1. The van der Waals surface area contributed by atoms with Crippen molar-refractivity contribution >= 4 is 38.9 Å². The number of ether oxygens (including phenoxy) is 1. The summed E-state index contributed by atoms with van der Waals surface area (Å²) < 4.78 is 29.6. The van der Waals surface area contributed by atoms with Crippen LogP contribution >= 0.6 is 0 Å². The molecule has 0 amide bonds. The van der Waals surface area contributed by atoms with Crippen molar-refractivity contribution in [3.63, 3.8) is 0 Å². The largest absolute Gasteiger partial charge is 0.464 e. The van der Waals surface area contributed by atoms with E-state index in [-0.39, 0.29) is 0 Å². The van der Waals surface area contributed by atoms with Crippen molar-refractivity contribution in [1.29, 1.82) is 0 Å². The van der Waals surface area contributed by atoms with E-state index in [0.29, 0.717) is 23.6 Å². The summed E-state index contributed by atoms with van der Waals surface area (Å²) in [4.78, 5) is 18.8. The Morgan fingerprint density at radius 2 is 2.12 bits per heavy atom. The molecule has 0 fully saturated rings. The number of nitrogens with zero attached hydrogens (tertiary/aromatic N) is 2. The summed E-state index contributed by atoms with van der Waals surface area (Å²) in [5, 5.41) is 4.01. The van der Waals surface area contributed by atoms with Crippen LogP contribution in [0.1, 0.15) is 21.6 Å². The van der Waals surface area contributed by atoms with E-state index in [0.717, 1.165) is 22.2 Å². The number of fused-ring (bicyclic) bond motifs is 1. The predicted molar refractivity (Wildman–Crippen MR) is 96.9 cm³/mol. The van der Waals surface area contributed by atoms with Crippen LogP contribution < -0.4 is 5.32 Å². The van der Waals surface area contributed by atoms with Gasteiger partial charge in [0.25, 0.3) is 0 Å². The van der Waals surface area contributed by atoms with Crippen LogP contribution in [0.15, 0.2) is 40.9 Å². The lowest BCUT2D eigenvalue weighted by atomic mass is 10.1. The number of aryl methyl sites for hydroxylation is 1. The summed E-state index contributed by atoms with van der Waals surface area (Å²) in [6.45, 7) is 2.41. The molecule has 0 aliphatic carbocycles. The number of pyridine rings is 1. The van der Waals surface area contributed by atoms with Crippen LogP contribution in [0, 0.1) is 6.92 Å². The van der Waals surface area contributed by atoms with E-state index in [2.05, 4.69) is 24.4 Å². The zero-order valence-electron chi connectivity index (χ0n) is 14.1. The van der Waals surface area contributed by atoms with Gasteiger partial charge >= 0.3 is 16.5 Å². The molecule has 0 aliphatic rings. The van der Waals surface area contributed by atoms with Gasteiger partial charge in [0.1, 0.15) is 11.3 Å². The molecular weight excluding hydrogens is 356 g/mol. The van der Waals surface area contributed by atoms with Crippen molar-refractivity contribution in [2.24, 2.45) is 4.36 Å². The Bertz CT molecular complexity index is 1110. The first kappa shape index (κ1) is 17.6. The third kappa shape index (κ3) is 3.89. The highest BCUT2D eigenvalue weighted by atomic mass is 32.2. The van der Waals surface area contributed by atoms with Gasteiger partial charge in [0.05, 0.1) is 24.7 Å². The Kier molecular flexibility index (Phi) is 4.99. The molecule has 0 bridgehead atoms. The summed E-state index contributed by atoms with van der Waals surface area (Å²) in [6, 6.07) is 8.72. The molecule has 2 heterocycles. The van der Waals surface area contributed by atoms with Crippen LogP contribution in [0.3, 0.4) is 0 Å². The molecule has 0 radical (unpaired) electrons. The van der Waals surface area contributed by atoms with Crippen LogP contribution in [0.4, 0.5) is 11.4 Å². The van der Waals surface area contributed by atoms with Gasteiger partial charge in [-0.2, -0.15) is 8.42 Å². The lowest BCUT2D eigenvalue weighted by Crippen LogP contribution is -2.01. The highest BCUT2D eigenvalue weighted by Crippen LogP contribution is 2.21. The normalized spacial score (nSPS) is 10.5. The summed E-state index contributed by atoms with van der Waals surface area (Å²) >= 11 is 0. The number of benzene rings is 1. The van der Waals surface area contributed by atoms with E-state index >= 15 is 0 Å². The number of carbonyl (C=O) groups excluding carboxylic acids is 1. The number of aromatic nitrogens is 2. The van der Waals surface area contributed by atoms with Gasteiger partial charge in [0.15, 0.2) is 0 Å². The van der Waals surface area contributed by atoms with Crippen molar-refractivity contribution in [1.82, 2.24) is 9.97 Å². The highest BCUT2D eigenvalue weighted by molar-refractivity contribution is 7.61. The van der Waals surface area contributed by atoms with Gasteiger partial charge in [-0.25, -0.2) is 9.78 Å². The fourth-order valence-corrected chi connectivity index (χ4v) is 2.81. The molecule has 3 aromatic rings.